The van der Waals surface area contributed by atoms with Crippen molar-refractivity contribution in [3.8, 4) is 4.62 Å². The predicted molar refractivity (Wildman–Crippen MR) is 58.2 cm³/mol. The Kier molecular flexibility index (Phi) is 2.44. The van der Waals surface area contributed by atoms with E-state index in [1.165, 1.54) is 0 Å². The zero-order valence-corrected chi connectivity index (χ0v) is 9.49. The van der Waals surface area contributed by atoms with Crippen LogP contribution in [0.4, 0.5) is 0 Å². The van der Waals surface area contributed by atoms with E-state index in [9.17, 15) is 9.90 Å². The van der Waals surface area contributed by atoms with Crippen LogP contribution in [0.5, 0.6) is 4.62 Å². The molecule has 1 aromatic heterocycles. The van der Waals surface area contributed by atoms with Crippen molar-refractivity contribution in [2.24, 2.45) is 0 Å². The van der Waals surface area contributed by atoms with Gasteiger partial charge in [-0.25, -0.2) is 0 Å². The van der Waals surface area contributed by atoms with E-state index in [4.69, 9.17) is 0 Å². The zero-order valence-electron chi connectivity index (χ0n) is 7.78. The van der Waals surface area contributed by atoms with Crippen LogP contribution >= 0.6 is 0 Å². The van der Waals surface area contributed by atoms with Gasteiger partial charge < -0.3 is 0 Å². The molecule has 0 spiro atoms. The molecule has 0 unspecified atom stereocenters. The molecule has 0 radical (unpaired) electrons. The monoisotopic (exact) mass is 254 g/mol. The summed E-state index contributed by atoms with van der Waals surface area (Å²) in [6.45, 7) is 1.90. The molecule has 0 atom stereocenters. The minimum atomic E-state index is -0.0875. The first kappa shape index (κ1) is 9.50. The third kappa shape index (κ3) is 1.39. The average Bonchev–Trinajstić information content (AvgIpc) is 2.18. The van der Waals surface area contributed by atoms with E-state index < -0.39 is 0 Å². The van der Waals surface area contributed by atoms with Gasteiger partial charge in [0.2, 0.25) is 0 Å². The van der Waals surface area contributed by atoms with E-state index in [1.54, 1.807) is 0 Å². The van der Waals surface area contributed by atoms with Crippen molar-refractivity contribution in [3.63, 3.8) is 0 Å². The fourth-order valence-electron chi connectivity index (χ4n) is 1.48. The summed E-state index contributed by atoms with van der Waals surface area (Å²) < 4.78 is 1.28. The summed E-state index contributed by atoms with van der Waals surface area (Å²) in [6.07, 6.45) is 0.612. The van der Waals surface area contributed by atoms with Gasteiger partial charge in [-0.1, -0.05) is 0 Å². The number of rotatable bonds is 1. The zero-order chi connectivity index (χ0) is 10.1. The Morgan fingerprint density at radius 1 is 1.36 bits per heavy atom. The van der Waals surface area contributed by atoms with Gasteiger partial charge in [-0.2, -0.15) is 0 Å². The summed E-state index contributed by atoms with van der Waals surface area (Å²) in [7, 11) is 0. The molecule has 2 rings (SSSR count). The minimum absolute atomic E-state index is 0.00581. The van der Waals surface area contributed by atoms with Gasteiger partial charge >= 0.3 is 87.3 Å². The molecule has 2 aromatic rings. The Hall–Kier alpha value is -1.05. The van der Waals surface area contributed by atoms with Crippen molar-refractivity contribution in [1.29, 1.82) is 0 Å². The molecular weight excluding hydrogens is 243 g/mol. The number of fused-ring (bicyclic) bond motifs is 1. The summed E-state index contributed by atoms with van der Waals surface area (Å²) in [5, 5.41) is 10.4. The summed E-state index contributed by atoms with van der Waals surface area (Å²) in [4.78, 5) is 11.9. The molecule has 0 aliphatic heterocycles. The van der Waals surface area contributed by atoms with Crippen LogP contribution in [-0.2, 0) is 6.42 Å². The van der Waals surface area contributed by atoms with Crippen molar-refractivity contribution in [2.45, 2.75) is 13.3 Å². The van der Waals surface area contributed by atoms with Crippen molar-refractivity contribution in [3.05, 3.63) is 40.1 Å². The van der Waals surface area contributed by atoms with Gasteiger partial charge in [0.25, 0.3) is 0 Å². The van der Waals surface area contributed by atoms with Crippen LogP contribution in [-0.4, -0.2) is 19.6 Å². The van der Waals surface area contributed by atoms with E-state index in [2.05, 4.69) is 0 Å². The van der Waals surface area contributed by atoms with Crippen LogP contribution in [0.1, 0.15) is 12.5 Å². The standard InChI is InChI=1S/C11H10O2Se/c1-2-7-10(12)8-5-3-4-6-9(8)14-11(7)13/h3-6,13H,2H2,1H3. The first-order valence-corrected chi connectivity index (χ1v) is 6.19. The van der Waals surface area contributed by atoms with Crippen LogP contribution in [0.3, 0.4) is 0 Å². The van der Waals surface area contributed by atoms with Crippen molar-refractivity contribution >= 4 is 24.1 Å². The molecule has 1 N–H and O–H groups in total. The van der Waals surface area contributed by atoms with Crippen molar-refractivity contribution in [1.82, 2.24) is 0 Å². The predicted octanol–water partition coefficient (Wildman–Crippen LogP) is 1.52. The van der Waals surface area contributed by atoms with Gasteiger partial charge in [0, 0.05) is 0 Å². The fraction of sp³-hybridized carbons (Fsp3) is 0.182. The Labute approximate surface area is 87.6 Å². The van der Waals surface area contributed by atoms with Crippen molar-refractivity contribution < 1.29 is 5.11 Å². The van der Waals surface area contributed by atoms with Crippen LogP contribution in [0, 0.1) is 0 Å². The van der Waals surface area contributed by atoms with Crippen LogP contribution < -0.4 is 5.43 Å². The van der Waals surface area contributed by atoms with Crippen LogP contribution in [0.25, 0.3) is 9.65 Å². The third-order valence-corrected chi connectivity index (χ3v) is 4.36. The summed E-state index contributed by atoms with van der Waals surface area (Å²) >= 11 is -0.0875. The molecular formula is C11H10O2Se. The molecule has 14 heavy (non-hydrogen) atoms. The molecule has 0 saturated heterocycles. The molecule has 72 valence electrons. The summed E-state index contributed by atoms with van der Waals surface area (Å²) in [6, 6.07) is 7.51. The molecule has 0 aliphatic carbocycles. The first-order valence-electron chi connectivity index (χ1n) is 4.47. The molecule has 0 amide bonds. The normalized spacial score (nSPS) is 10.6. The van der Waals surface area contributed by atoms with E-state index >= 15 is 0 Å². The van der Waals surface area contributed by atoms with Gasteiger partial charge in [0.1, 0.15) is 0 Å². The first-order chi connectivity index (χ1) is 6.74. The molecule has 1 aromatic carbocycles. The van der Waals surface area contributed by atoms with Crippen LogP contribution in [0.2, 0.25) is 0 Å². The molecule has 1 heterocycles. The van der Waals surface area contributed by atoms with Crippen molar-refractivity contribution in [2.75, 3.05) is 0 Å². The van der Waals surface area contributed by atoms with Gasteiger partial charge in [0.15, 0.2) is 0 Å². The van der Waals surface area contributed by atoms with Gasteiger partial charge in [-0.05, 0) is 0 Å². The Morgan fingerprint density at radius 3 is 2.79 bits per heavy atom. The number of benzene rings is 1. The maximum absolute atomic E-state index is 11.9. The Morgan fingerprint density at radius 2 is 2.07 bits per heavy atom. The Bertz CT molecular complexity index is 528. The summed E-state index contributed by atoms with van der Waals surface area (Å²) in [5.41, 5.74) is 0.581. The number of aromatic hydroxyl groups is 1. The Balaban J connectivity index is 2.93. The fourth-order valence-corrected chi connectivity index (χ4v) is 3.55. The van der Waals surface area contributed by atoms with Gasteiger partial charge in [-0.3, -0.25) is 0 Å². The average molecular weight is 253 g/mol. The third-order valence-electron chi connectivity index (χ3n) is 2.22. The molecule has 3 heteroatoms. The van der Waals surface area contributed by atoms with E-state index in [-0.39, 0.29) is 19.9 Å². The quantitative estimate of drug-likeness (QED) is 0.782. The topological polar surface area (TPSA) is 37.3 Å². The molecule has 0 saturated carbocycles. The van der Waals surface area contributed by atoms with Gasteiger partial charge in [0.05, 0.1) is 0 Å². The number of hydrogen-bond donors (Lipinski definition) is 1. The van der Waals surface area contributed by atoms with Crippen LogP contribution in [0.15, 0.2) is 29.1 Å². The van der Waals surface area contributed by atoms with Gasteiger partial charge in [-0.15, -0.1) is 0 Å². The summed E-state index contributed by atoms with van der Waals surface area (Å²) in [5.74, 6) is 0. The van der Waals surface area contributed by atoms with E-state index in [0.29, 0.717) is 16.6 Å². The SMILES string of the molecule is CCc1c(O)[se]c2ccccc2c1=O. The molecule has 0 aliphatic rings. The second-order valence-corrected chi connectivity index (χ2v) is 5.23. The van der Waals surface area contributed by atoms with E-state index in [1.807, 2.05) is 31.2 Å². The maximum atomic E-state index is 11.9. The van der Waals surface area contributed by atoms with E-state index in [0.717, 1.165) is 9.65 Å². The molecule has 0 bridgehead atoms. The molecule has 0 fully saturated rings. The second kappa shape index (κ2) is 3.60. The molecule has 2 nitrogen and oxygen atoms in total. The second-order valence-electron chi connectivity index (χ2n) is 3.06. The number of hydrogen-bond acceptors (Lipinski definition) is 2.